The topological polar surface area (TPSA) is 21.3 Å². The zero-order valence-corrected chi connectivity index (χ0v) is 13.8. The smallest absolute Gasteiger partial charge is 0.137 e. The van der Waals surface area contributed by atoms with E-state index in [0.29, 0.717) is 11.1 Å². The predicted octanol–water partition coefficient (Wildman–Crippen LogP) is 4.84. The standard InChI is InChI=1S/C17H19BrFNO/c1-3-20-12(2)13-6-4-8-15(10-13)21-11-14-7-5-9-16(19)17(14)18/h4-10,12,20H,3,11H2,1-2H3. The number of hydrogen-bond donors (Lipinski definition) is 1. The highest BCUT2D eigenvalue weighted by molar-refractivity contribution is 9.10. The first-order chi connectivity index (χ1) is 10.1. The fourth-order valence-corrected chi connectivity index (χ4v) is 2.50. The van der Waals surface area contributed by atoms with Gasteiger partial charge in [-0.2, -0.15) is 0 Å². The zero-order valence-electron chi connectivity index (χ0n) is 12.2. The van der Waals surface area contributed by atoms with Crippen molar-refractivity contribution < 1.29 is 9.13 Å². The highest BCUT2D eigenvalue weighted by Crippen LogP contribution is 2.24. The van der Waals surface area contributed by atoms with Crippen LogP contribution in [0.5, 0.6) is 5.75 Å². The summed E-state index contributed by atoms with van der Waals surface area (Å²) in [5, 5.41) is 3.37. The van der Waals surface area contributed by atoms with Gasteiger partial charge in [-0.15, -0.1) is 0 Å². The Kier molecular flexibility index (Phi) is 5.76. The van der Waals surface area contributed by atoms with Crippen molar-refractivity contribution in [2.75, 3.05) is 6.54 Å². The second-order valence-corrected chi connectivity index (χ2v) is 5.65. The van der Waals surface area contributed by atoms with E-state index in [1.165, 1.54) is 11.6 Å². The third-order valence-electron chi connectivity index (χ3n) is 3.29. The van der Waals surface area contributed by atoms with E-state index in [2.05, 4.69) is 41.2 Å². The molecule has 2 rings (SSSR count). The molecule has 0 heterocycles. The van der Waals surface area contributed by atoms with Gasteiger partial charge in [-0.25, -0.2) is 4.39 Å². The molecular weight excluding hydrogens is 333 g/mol. The van der Waals surface area contributed by atoms with Crippen LogP contribution in [0.2, 0.25) is 0 Å². The van der Waals surface area contributed by atoms with Crippen molar-refractivity contribution in [2.24, 2.45) is 0 Å². The van der Waals surface area contributed by atoms with E-state index < -0.39 is 0 Å². The number of hydrogen-bond acceptors (Lipinski definition) is 2. The van der Waals surface area contributed by atoms with E-state index in [9.17, 15) is 4.39 Å². The largest absolute Gasteiger partial charge is 0.489 e. The molecular formula is C17H19BrFNO. The van der Waals surface area contributed by atoms with Gasteiger partial charge < -0.3 is 10.1 Å². The van der Waals surface area contributed by atoms with Gasteiger partial charge in [-0.3, -0.25) is 0 Å². The SMILES string of the molecule is CCNC(C)c1cccc(OCc2cccc(F)c2Br)c1. The summed E-state index contributed by atoms with van der Waals surface area (Å²) in [5.41, 5.74) is 1.97. The first-order valence-corrected chi connectivity index (χ1v) is 7.80. The van der Waals surface area contributed by atoms with Gasteiger partial charge in [0.05, 0.1) is 4.47 Å². The second kappa shape index (κ2) is 7.57. The normalized spacial score (nSPS) is 12.2. The number of ether oxygens (including phenoxy) is 1. The molecule has 0 saturated carbocycles. The highest BCUT2D eigenvalue weighted by Gasteiger charge is 2.07. The molecule has 112 valence electrons. The van der Waals surface area contributed by atoms with Crippen LogP contribution in [0.15, 0.2) is 46.9 Å². The summed E-state index contributed by atoms with van der Waals surface area (Å²) in [7, 11) is 0. The van der Waals surface area contributed by atoms with E-state index in [1.54, 1.807) is 6.07 Å². The maximum atomic E-state index is 13.4. The van der Waals surface area contributed by atoms with Crippen molar-refractivity contribution >= 4 is 15.9 Å². The molecule has 0 amide bonds. The van der Waals surface area contributed by atoms with Crippen molar-refractivity contribution in [3.63, 3.8) is 0 Å². The number of halogens is 2. The van der Waals surface area contributed by atoms with Gasteiger partial charge in [0.2, 0.25) is 0 Å². The Morgan fingerprint density at radius 3 is 2.76 bits per heavy atom. The second-order valence-electron chi connectivity index (χ2n) is 4.85. The van der Waals surface area contributed by atoms with E-state index in [-0.39, 0.29) is 11.9 Å². The number of nitrogens with one attached hydrogen (secondary N) is 1. The van der Waals surface area contributed by atoms with Crippen LogP contribution in [0.25, 0.3) is 0 Å². The molecule has 0 aliphatic heterocycles. The lowest BCUT2D eigenvalue weighted by molar-refractivity contribution is 0.304. The third-order valence-corrected chi connectivity index (χ3v) is 4.18. The molecule has 2 aromatic rings. The Morgan fingerprint density at radius 1 is 1.24 bits per heavy atom. The summed E-state index contributed by atoms with van der Waals surface area (Å²) < 4.78 is 19.7. The van der Waals surface area contributed by atoms with Crippen LogP contribution >= 0.6 is 15.9 Å². The Hall–Kier alpha value is -1.39. The minimum Gasteiger partial charge on any atom is -0.489 e. The van der Waals surface area contributed by atoms with Gasteiger partial charge in [0, 0.05) is 11.6 Å². The average molecular weight is 352 g/mol. The third kappa shape index (κ3) is 4.29. The van der Waals surface area contributed by atoms with Crippen LogP contribution in [-0.2, 0) is 6.61 Å². The van der Waals surface area contributed by atoms with Crippen molar-refractivity contribution in [2.45, 2.75) is 26.5 Å². The summed E-state index contributed by atoms with van der Waals surface area (Å²) in [6.45, 7) is 5.45. The molecule has 1 atom stereocenters. The van der Waals surface area contributed by atoms with Gasteiger partial charge >= 0.3 is 0 Å². The van der Waals surface area contributed by atoms with Gasteiger partial charge in [0.15, 0.2) is 0 Å². The lowest BCUT2D eigenvalue weighted by Gasteiger charge is -2.14. The maximum Gasteiger partial charge on any atom is 0.137 e. The monoisotopic (exact) mass is 351 g/mol. The lowest BCUT2D eigenvalue weighted by Crippen LogP contribution is -2.17. The fraction of sp³-hybridized carbons (Fsp3) is 0.294. The van der Waals surface area contributed by atoms with Crippen molar-refractivity contribution in [1.82, 2.24) is 5.32 Å². The fourth-order valence-electron chi connectivity index (χ4n) is 2.12. The summed E-state index contributed by atoms with van der Waals surface area (Å²) in [5.74, 6) is 0.513. The molecule has 0 aliphatic rings. The van der Waals surface area contributed by atoms with Gasteiger partial charge in [0.1, 0.15) is 18.2 Å². The molecule has 4 heteroatoms. The molecule has 2 aromatic carbocycles. The minimum atomic E-state index is -0.273. The average Bonchev–Trinajstić information content (AvgIpc) is 2.49. The molecule has 0 aliphatic carbocycles. The molecule has 0 bridgehead atoms. The Balaban J connectivity index is 2.06. The lowest BCUT2D eigenvalue weighted by atomic mass is 10.1. The van der Waals surface area contributed by atoms with Crippen molar-refractivity contribution in [3.05, 3.63) is 63.9 Å². The van der Waals surface area contributed by atoms with E-state index in [1.807, 2.05) is 24.3 Å². The molecule has 1 N–H and O–H groups in total. The minimum absolute atomic E-state index is 0.273. The molecule has 0 spiro atoms. The quantitative estimate of drug-likeness (QED) is 0.803. The first kappa shape index (κ1) is 16.0. The summed E-state index contributed by atoms with van der Waals surface area (Å²) in [6, 6.07) is 13.2. The van der Waals surface area contributed by atoms with Gasteiger partial charge in [0.25, 0.3) is 0 Å². The zero-order chi connectivity index (χ0) is 15.2. The van der Waals surface area contributed by atoms with Crippen LogP contribution < -0.4 is 10.1 Å². The summed E-state index contributed by atoms with van der Waals surface area (Å²) in [6.07, 6.45) is 0. The van der Waals surface area contributed by atoms with Crippen LogP contribution in [0, 0.1) is 5.82 Å². The van der Waals surface area contributed by atoms with E-state index in [4.69, 9.17) is 4.74 Å². The summed E-state index contributed by atoms with van der Waals surface area (Å²) in [4.78, 5) is 0. The van der Waals surface area contributed by atoms with E-state index >= 15 is 0 Å². The predicted molar refractivity (Wildman–Crippen MR) is 87.0 cm³/mol. The van der Waals surface area contributed by atoms with Crippen LogP contribution in [-0.4, -0.2) is 6.54 Å². The molecule has 0 saturated heterocycles. The van der Waals surface area contributed by atoms with Crippen LogP contribution in [0.4, 0.5) is 4.39 Å². The van der Waals surface area contributed by atoms with Crippen LogP contribution in [0.1, 0.15) is 31.0 Å². The molecule has 1 unspecified atom stereocenters. The molecule has 0 aromatic heterocycles. The Bertz CT molecular complexity index is 603. The Labute approximate surface area is 133 Å². The van der Waals surface area contributed by atoms with Gasteiger partial charge in [-0.05, 0) is 53.2 Å². The summed E-state index contributed by atoms with van der Waals surface area (Å²) >= 11 is 3.25. The van der Waals surface area contributed by atoms with Crippen molar-refractivity contribution in [3.8, 4) is 5.75 Å². The molecule has 0 fully saturated rings. The van der Waals surface area contributed by atoms with Gasteiger partial charge in [-0.1, -0.05) is 31.2 Å². The Morgan fingerprint density at radius 2 is 2.00 bits per heavy atom. The molecule has 2 nitrogen and oxygen atoms in total. The highest BCUT2D eigenvalue weighted by atomic mass is 79.9. The molecule has 0 radical (unpaired) electrons. The number of rotatable bonds is 6. The van der Waals surface area contributed by atoms with Crippen LogP contribution in [0.3, 0.4) is 0 Å². The van der Waals surface area contributed by atoms with E-state index in [0.717, 1.165) is 17.9 Å². The molecule has 21 heavy (non-hydrogen) atoms. The van der Waals surface area contributed by atoms with Crippen molar-refractivity contribution in [1.29, 1.82) is 0 Å². The maximum absolute atomic E-state index is 13.4. The number of benzene rings is 2. The first-order valence-electron chi connectivity index (χ1n) is 7.01.